The lowest BCUT2D eigenvalue weighted by Gasteiger charge is -2.43. The van der Waals surface area contributed by atoms with Crippen molar-refractivity contribution < 1.29 is 14.3 Å². The number of carbonyl (C=O) groups is 1. The number of ether oxygens (including phenoxy) is 2. The Morgan fingerprint density at radius 3 is 2.62 bits per heavy atom. The summed E-state index contributed by atoms with van der Waals surface area (Å²) in [6.45, 7) is 10.4. The van der Waals surface area contributed by atoms with E-state index in [-0.39, 0.29) is 24.3 Å². The Morgan fingerprint density at radius 2 is 2.04 bits per heavy atom. The van der Waals surface area contributed by atoms with Crippen molar-refractivity contribution in [3.63, 3.8) is 0 Å². The Hall–Kier alpha value is -1.60. The molecule has 0 unspecified atom stereocenters. The van der Waals surface area contributed by atoms with Gasteiger partial charge in [0.2, 0.25) is 5.95 Å². The molecule has 1 saturated heterocycles. The van der Waals surface area contributed by atoms with Crippen molar-refractivity contribution in [3.05, 3.63) is 17.4 Å². The first-order valence-corrected chi connectivity index (χ1v) is 8.40. The molecular weight excluding hydrogens is 332 g/mol. The van der Waals surface area contributed by atoms with Crippen LogP contribution in [0.2, 0.25) is 5.02 Å². The number of hydrogen-bond acceptors (Lipinski definition) is 6. The van der Waals surface area contributed by atoms with Gasteiger partial charge in [0.1, 0.15) is 5.60 Å². The lowest BCUT2D eigenvalue weighted by Crippen LogP contribution is -2.58. The first-order valence-electron chi connectivity index (χ1n) is 8.02. The van der Waals surface area contributed by atoms with Gasteiger partial charge in [-0.3, -0.25) is 4.90 Å². The second-order valence-corrected chi connectivity index (χ2v) is 7.39. The zero-order chi connectivity index (χ0) is 17.9. The highest BCUT2D eigenvalue weighted by molar-refractivity contribution is 6.30. The number of halogens is 1. The van der Waals surface area contributed by atoms with Crippen LogP contribution in [0.3, 0.4) is 0 Å². The van der Waals surface area contributed by atoms with Crippen molar-refractivity contribution in [2.24, 2.45) is 0 Å². The highest BCUT2D eigenvalue weighted by Gasteiger charge is 2.37. The number of aromatic nitrogens is 2. The average molecular weight is 357 g/mol. The predicted molar refractivity (Wildman–Crippen MR) is 92.3 cm³/mol. The fourth-order valence-electron chi connectivity index (χ4n) is 2.57. The SMILES string of the molecule is C[C@@H]1O[C@@H](C)CN(C(=O)OC(C)(C)C)[C@@H]1CNc1ncc(Cl)cn1. The first kappa shape index (κ1) is 18.7. The summed E-state index contributed by atoms with van der Waals surface area (Å²) in [5, 5.41) is 3.60. The number of nitrogens with one attached hydrogen (secondary N) is 1. The van der Waals surface area contributed by atoms with E-state index in [1.54, 1.807) is 4.90 Å². The summed E-state index contributed by atoms with van der Waals surface area (Å²) in [6, 6.07) is -0.185. The van der Waals surface area contributed by atoms with Crippen LogP contribution in [-0.4, -0.2) is 57.9 Å². The zero-order valence-corrected chi connectivity index (χ0v) is 15.5. The molecule has 24 heavy (non-hydrogen) atoms. The summed E-state index contributed by atoms with van der Waals surface area (Å²) in [4.78, 5) is 22.5. The van der Waals surface area contributed by atoms with Gasteiger partial charge in [-0.15, -0.1) is 0 Å². The van der Waals surface area contributed by atoms with Crippen molar-refractivity contribution in [2.75, 3.05) is 18.4 Å². The molecule has 1 aliphatic rings. The molecule has 0 spiro atoms. The highest BCUT2D eigenvalue weighted by atomic mass is 35.5. The van der Waals surface area contributed by atoms with Crippen LogP contribution in [-0.2, 0) is 9.47 Å². The minimum absolute atomic E-state index is 0.0458. The van der Waals surface area contributed by atoms with Gasteiger partial charge in [-0.2, -0.15) is 0 Å². The van der Waals surface area contributed by atoms with Crippen LogP contribution < -0.4 is 5.32 Å². The largest absolute Gasteiger partial charge is 0.444 e. The number of nitrogens with zero attached hydrogens (tertiary/aromatic N) is 3. The van der Waals surface area contributed by atoms with Crippen LogP contribution in [0.5, 0.6) is 0 Å². The molecule has 1 aromatic rings. The molecule has 1 aliphatic heterocycles. The smallest absolute Gasteiger partial charge is 0.410 e. The molecule has 0 saturated carbocycles. The molecule has 7 nitrogen and oxygen atoms in total. The van der Waals surface area contributed by atoms with E-state index in [2.05, 4.69) is 15.3 Å². The Labute approximate surface area is 147 Å². The molecule has 0 radical (unpaired) electrons. The van der Waals surface area contributed by atoms with Gasteiger partial charge in [-0.05, 0) is 34.6 Å². The molecule has 1 N–H and O–H groups in total. The van der Waals surface area contributed by atoms with E-state index in [0.717, 1.165) is 0 Å². The van der Waals surface area contributed by atoms with E-state index in [1.165, 1.54) is 12.4 Å². The van der Waals surface area contributed by atoms with Crippen molar-refractivity contribution in [3.8, 4) is 0 Å². The molecule has 2 heterocycles. The second-order valence-electron chi connectivity index (χ2n) is 6.96. The molecule has 8 heteroatoms. The van der Waals surface area contributed by atoms with Crippen LogP contribution in [0.15, 0.2) is 12.4 Å². The van der Waals surface area contributed by atoms with Crippen molar-refractivity contribution >= 4 is 23.6 Å². The van der Waals surface area contributed by atoms with E-state index < -0.39 is 5.60 Å². The zero-order valence-electron chi connectivity index (χ0n) is 14.7. The minimum Gasteiger partial charge on any atom is -0.444 e. The molecule has 3 atom stereocenters. The maximum absolute atomic E-state index is 12.5. The van der Waals surface area contributed by atoms with Gasteiger partial charge in [0, 0.05) is 6.54 Å². The van der Waals surface area contributed by atoms with E-state index in [1.807, 2.05) is 34.6 Å². The Balaban J connectivity index is 2.07. The van der Waals surface area contributed by atoms with Gasteiger partial charge >= 0.3 is 6.09 Å². The van der Waals surface area contributed by atoms with Gasteiger partial charge in [0.15, 0.2) is 0 Å². The molecule has 0 aliphatic carbocycles. The predicted octanol–water partition coefficient (Wildman–Crippen LogP) is 2.95. The fraction of sp³-hybridized carbons (Fsp3) is 0.688. The van der Waals surface area contributed by atoms with Gasteiger partial charge in [-0.25, -0.2) is 14.8 Å². The normalized spacial score (nSPS) is 24.6. The quantitative estimate of drug-likeness (QED) is 0.897. The van der Waals surface area contributed by atoms with E-state index in [9.17, 15) is 4.79 Å². The maximum Gasteiger partial charge on any atom is 0.410 e. The third-order valence-electron chi connectivity index (χ3n) is 3.56. The number of carbonyl (C=O) groups excluding carboxylic acids is 1. The second kappa shape index (κ2) is 7.53. The Kier molecular flexibility index (Phi) is 5.87. The summed E-state index contributed by atoms with van der Waals surface area (Å²) in [5.74, 6) is 0.453. The molecule has 0 aromatic carbocycles. The number of amides is 1. The van der Waals surface area contributed by atoms with E-state index >= 15 is 0 Å². The molecule has 0 bridgehead atoms. The fourth-order valence-corrected chi connectivity index (χ4v) is 2.67. The molecular formula is C16H25ClN4O3. The summed E-state index contributed by atoms with van der Waals surface area (Å²) < 4.78 is 11.4. The number of anilines is 1. The van der Waals surface area contributed by atoms with Crippen LogP contribution in [0.25, 0.3) is 0 Å². The third kappa shape index (κ3) is 5.21. The van der Waals surface area contributed by atoms with Crippen LogP contribution in [0.1, 0.15) is 34.6 Å². The van der Waals surface area contributed by atoms with Gasteiger partial charge < -0.3 is 14.8 Å². The summed E-state index contributed by atoms with van der Waals surface area (Å²) in [5.41, 5.74) is -0.543. The first-order chi connectivity index (χ1) is 11.2. The summed E-state index contributed by atoms with van der Waals surface area (Å²) in [7, 11) is 0. The summed E-state index contributed by atoms with van der Waals surface area (Å²) >= 11 is 5.78. The van der Waals surface area contributed by atoms with Crippen LogP contribution >= 0.6 is 11.6 Å². The molecule has 134 valence electrons. The Morgan fingerprint density at radius 1 is 1.42 bits per heavy atom. The van der Waals surface area contributed by atoms with Crippen molar-refractivity contribution in [1.82, 2.24) is 14.9 Å². The van der Waals surface area contributed by atoms with Crippen molar-refractivity contribution in [1.29, 1.82) is 0 Å². The third-order valence-corrected chi connectivity index (χ3v) is 3.76. The highest BCUT2D eigenvalue weighted by Crippen LogP contribution is 2.21. The standard InChI is InChI=1S/C16H25ClN4O3/c1-10-9-21(15(22)24-16(3,4)5)13(11(2)23-10)8-20-14-18-6-12(17)7-19-14/h6-7,10-11,13H,8-9H2,1-5H3,(H,18,19,20)/t10-,11-,13+/m0/s1. The van der Waals surface area contributed by atoms with Crippen LogP contribution in [0.4, 0.5) is 10.7 Å². The van der Waals surface area contributed by atoms with E-state index in [0.29, 0.717) is 24.1 Å². The monoisotopic (exact) mass is 356 g/mol. The van der Waals surface area contributed by atoms with Crippen LogP contribution in [0, 0.1) is 0 Å². The summed E-state index contributed by atoms with van der Waals surface area (Å²) in [6.07, 6.45) is 2.52. The van der Waals surface area contributed by atoms with Crippen molar-refractivity contribution in [2.45, 2.75) is 58.5 Å². The number of morpholine rings is 1. The van der Waals surface area contributed by atoms with E-state index in [4.69, 9.17) is 21.1 Å². The minimum atomic E-state index is -0.543. The molecule has 1 amide bonds. The maximum atomic E-state index is 12.5. The molecule has 1 fully saturated rings. The molecule has 2 rings (SSSR count). The Bertz CT molecular complexity index is 561. The average Bonchev–Trinajstić information content (AvgIpc) is 2.45. The topological polar surface area (TPSA) is 76.6 Å². The van der Waals surface area contributed by atoms with Gasteiger partial charge in [0.05, 0.1) is 42.2 Å². The lowest BCUT2D eigenvalue weighted by molar-refractivity contribution is -0.100. The number of rotatable bonds is 3. The number of hydrogen-bond donors (Lipinski definition) is 1. The lowest BCUT2D eigenvalue weighted by atomic mass is 10.1. The molecule has 1 aromatic heterocycles. The van der Waals surface area contributed by atoms with Gasteiger partial charge in [-0.1, -0.05) is 11.6 Å². The van der Waals surface area contributed by atoms with Gasteiger partial charge in [0.25, 0.3) is 0 Å².